The monoisotopic (exact) mass is 274 g/mol. The molecule has 0 aliphatic heterocycles. The summed E-state index contributed by atoms with van der Waals surface area (Å²) in [6, 6.07) is 3.73. The molecule has 2 aromatic rings. The Labute approximate surface area is 93.7 Å². The summed E-state index contributed by atoms with van der Waals surface area (Å²) in [4.78, 5) is 17.2. The van der Waals surface area contributed by atoms with Gasteiger partial charge in [-0.3, -0.25) is 4.79 Å². The Morgan fingerprint density at radius 2 is 2.20 bits per heavy atom. The maximum Gasteiger partial charge on any atom is 0.170 e. The van der Waals surface area contributed by atoms with Gasteiger partial charge in [0, 0.05) is 16.9 Å². The van der Waals surface area contributed by atoms with Gasteiger partial charge in [-0.1, -0.05) is 0 Å². The van der Waals surface area contributed by atoms with E-state index in [1.165, 1.54) is 0 Å². The first-order valence-corrected chi connectivity index (χ1v) is 4.74. The Morgan fingerprint density at radius 1 is 1.53 bits per heavy atom. The van der Waals surface area contributed by atoms with E-state index < -0.39 is 0 Å². The second-order valence-corrected chi connectivity index (χ2v) is 3.47. The molecule has 0 saturated carbocycles. The number of hydrogen-bond acceptors (Lipinski definition) is 3. The lowest BCUT2D eigenvalue weighted by Crippen LogP contribution is -1.80. The zero-order chi connectivity index (χ0) is 11.3. The smallest absolute Gasteiger partial charge is 0.170 e. The Morgan fingerprint density at radius 3 is 2.80 bits per heavy atom. The minimum absolute atomic E-state index is 0.452. The van der Waals surface area contributed by atoms with Gasteiger partial charge in [0.15, 0.2) is 6.29 Å². The van der Waals surface area contributed by atoms with E-state index in [0.717, 1.165) is 23.5 Å². The van der Waals surface area contributed by atoms with Gasteiger partial charge >= 0.3 is 0 Å². The molecule has 80 valence electrons. The number of pyridine rings is 1. The van der Waals surface area contributed by atoms with Crippen molar-refractivity contribution >= 4 is 27.9 Å². The van der Waals surface area contributed by atoms with E-state index >= 15 is 0 Å². The highest BCUT2D eigenvalue weighted by Crippen LogP contribution is 2.11. The van der Waals surface area contributed by atoms with Crippen LogP contribution in [0.25, 0.3) is 5.65 Å². The van der Waals surface area contributed by atoms with Gasteiger partial charge in [0.05, 0.1) is 7.11 Å². The van der Waals surface area contributed by atoms with Crippen molar-refractivity contribution in [3.63, 3.8) is 0 Å². The molecule has 0 fully saturated rings. The molecule has 0 bridgehead atoms. The number of aromatic nitrogens is 2. The molecule has 0 amide bonds. The second-order valence-electron chi connectivity index (χ2n) is 2.55. The molecule has 2 heterocycles. The number of fused-ring (bicyclic) bond motifs is 1. The molecule has 0 N–H and O–H groups in total. The molecule has 4 nitrogen and oxygen atoms in total. The lowest BCUT2D eigenvalue weighted by atomic mass is 10.5. The quantitative estimate of drug-likeness (QED) is 0.751. The number of imidazole rings is 1. The lowest BCUT2D eigenvalue weighted by molar-refractivity contribution is -0.0960. The summed E-state index contributed by atoms with van der Waals surface area (Å²) in [5.41, 5.74) is 1.23. The normalized spacial score (nSPS) is 9.53. The molecule has 2 rings (SSSR count). The van der Waals surface area contributed by atoms with E-state index in [-0.39, 0.29) is 0 Å². The molecule has 0 radical (unpaired) electrons. The number of carbonyl (C=O) groups excluding carboxylic acids is 1. The van der Waals surface area contributed by atoms with Gasteiger partial charge in [-0.2, -0.15) is 4.94 Å². The van der Waals surface area contributed by atoms with Crippen molar-refractivity contribution in [1.29, 1.82) is 0 Å². The summed E-state index contributed by atoms with van der Waals surface area (Å²) in [6.45, 7) is 0. The predicted octanol–water partition coefficient (Wildman–Crippen LogP) is 2.43. The van der Waals surface area contributed by atoms with Crippen molar-refractivity contribution in [2.75, 3.05) is 7.11 Å². The van der Waals surface area contributed by atoms with Crippen LogP contribution in [0.1, 0.15) is 10.5 Å². The van der Waals surface area contributed by atoms with Gasteiger partial charge in [-0.25, -0.2) is 4.98 Å². The lowest BCUT2D eigenvalue weighted by Gasteiger charge is -1.91. The van der Waals surface area contributed by atoms with Crippen LogP contribution in [0.3, 0.4) is 0 Å². The van der Waals surface area contributed by atoms with Crippen LogP contribution in [0.15, 0.2) is 29.0 Å². The third-order valence-electron chi connectivity index (χ3n) is 1.55. The van der Waals surface area contributed by atoms with Crippen LogP contribution in [0.4, 0.5) is 4.53 Å². The zero-order valence-electron chi connectivity index (χ0n) is 7.85. The van der Waals surface area contributed by atoms with E-state index in [2.05, 4.69) is 25.9 Å². The molecule has 0 spiro atoms. The van der Waals surface area contributed by atoms with Crippen LogP contribution in [-0.4, -0.2) is 22.8 Å². The number of nitrogens with zero attached hydrogens (tertiary/aromatic N) is 2. The third kappa shape index (κ3) is 3.10. The molecule has 2 aromatic heterocycles. The number of halogens is 2. The van der Waals surface area contributed by atoms with Crippen LogP contribution in [0.2, 0.25) is 0 Å². The Kier molecular flexibility index (Phi) is 4.38. The highest BCUT2D eigenvalue weighted by Gasteiger charge is 1.98. The van der Waals surface area contributed by atoms with Crippen molar-refractivity contribution in [1.82, 2.24) is 9.38 Å². The van der Waals surface area contributed by atoms with Crippen LogP contribution in [0.5, 0.6) is 0 Å². The average molecular weight is 275 g/mol. The first-order chi connectivity index (χ1) is 7.21. The fourth-order valence-corrected chi connectivity index (χ4v) is 1.39. The molecular formula is C9H8BrFN2O2. The highest BCUT2D eigenvalue weighted by atomic mass is 79.9. The summed E-state index contributed by atoms with van der Waals surface area (Å²) in [5, 5.41) is 0. The largest absolute Gasteiger partial charge is 0.305 e. The Balaban J connectivity index is 0.000000337. The molecule has 0 atom stereocenters. The number of hydrogen-bond donors (Lipinski definition) is 0. The van der Waals surface area contributed by atoms with E-state index in [4.69, 9.17) is 0 Å². The van der Waals surface area contributed by atoms with Crippen LogP contribution >= 0.6 is 15.9 Å². The molecule has 0 aliphatic carbocycles. The fraction of sp³-hybridized carbons (Fsp3) is 0.111. The molecular weight excluding hydrogens is 267 g/mol. The minimum atomic E-state index is 0.452. The summed E-state index contributed by atoms with van der Waals surface area (Å²) in [5.74, 6) is 0. The minimum Gasteiger partial charge on any atom is -0.305 e. The van der Waals surface area contributed by atoms with Crippen molar-refractivity contribution in [3.05, 3.63) is 34.7 Å². The van der Waals surface area contributed by atoms with Crippen molar-refractivity contribution in [2.24, 2.45) is 0 Å². The summed E-state index contributed by atoms with van der Waals surface area (Å²) in [6.07, 6.45) is 4.28. The standard InChI is InChI=1S/C8H5BrN2O.CH3FO/c9-6-1-2-8-10-7(5-12)4-11(8)3-6;1-3-2/h1-5H;1H3. The van der Waals surface area contributed by atoms with E-state index in [0.29, 0.717) is 5.69 Å². The maximum absolute atomic E-state index is 10.4. The van der Waals surface area contributed by atoms with E-state index in [1.54, 1.807) is 10.6 Å². The third-order valence-corrected chi connectivity index (χ3v) is 2.02. The fourth-order valence-electron chi connectivity index (χ4n) is 1.04. The number of carbonyl (C=O) groups is 1. The maximum atomic E-state index is 10.4. The van der Waals surface area contributed by atoms with Crippen molar-refractivity contribution in [3.8, 4) is 0 Å². The van der Waals surface area contributed by atoms with Gasteiger partial charge in [0.2, 0.25) is 0 Å². The average Bonchev–Trinajstić information content (AvgIpc) is 2.61. The molecule has 15 heavy (non-hydrogen) atoms. The SMILES string of the molecule is COF.O=Cc1cn2cc(Br)ccc2n1. The van der Waals surface area contributed by atoms with E-state index in [1.807, 2.05) is 18.3 Å². The Bertz CT molecular complexity index is 458. The second kappa shape index (κ2) is 5.57. The van der Waals surface area contributed by atoms with Crippen molar-refractivity contribution < 1.29 is 14.3 Å². The van der Waals surface area contributed by atoms with Crippen LogP contribution < -0.4 is 0 Å². The van der Waals surface area contributed by atoms with Crippen LogP contribution in [-0.2, 0) is 4.94 Å². The zero-order valence-corrected chi connectivity index (χ0v) is 9.44. The van der Waals surface area contributed by atoms with Gasteiger partial charge in [-0.15, -0.1) is 0 Å². The highest BCUT2D eigenvalue weighted by molar-refractivity contribution is 9.10. The van der Waals surface area contributed by atoms with Gasteiger partial charge in [0.25, 0.3) is 0 Å². The molecule has 0 unspecified atom stereocenters. The predicted molar refractivity (Wildman–Crippen MR) is 56.4 cm³/mol. The van der Waals surface area contributed by atoms with Crippen LogP contribution in [0, 0.1) is 0 Å². The molecule has 6 heteroatoms. The first-order valence-electron chi connectivity index (χ1n) is 3.95. The molecule has 0 aromatic carbocycles. The van der Waals surface area contributed by atoms with Gasteiger partial charge in [-0.05, 0) is 32.6 Å². The number of rotatable bonds is 1. The van der Waals surface area contributed by atoms with Gasteiger partial charge < -0.3 is 4.40 Å². The first kappa shape index (κ1) is 11.8. The molecule has 0 aliphatic rings. The summed E-state index contributed by atoms with van der Waals surface area (Å²) >= 11 is 3.33. The van der Waals surface area contributed by atoms with Gasteiger partial charge in [0.1, 0.15) is 11.3 Å². The van der Waals surface area contributed by atoms with E-state index in [9.17, 15) is 9.32 Å². The summed E-state index contributed by atoms with van der Waals surface area (Å²) < 4.78 is 12.6. The van der Waals surface area contributed by atoms with Crippen molar-refractivity contribution in [2.45, 2.75) is 0 Å². The molecule has 0 saturated heterocycles. The topological polar surface area (TPSA) is 43.6 Å². The Hall–Kier alpha value is -1.27. The summed E-state index contributed by atoms with van der Waals surface area (Å²) in [7, 11) is 0.958. The number of aldehydes is 1.